The van der Waals surface area contributed by atoms with Crippen LogP contribution in [-0.2, 0) is 11.3 Å². The molecule has 1 N–H and O–H groups in total. The molecule has 0 aliphatic carbocycles. The molecule has 0 radical (unpaired) electrons. The summed E-state index contributed by atoms with van der Waals surface area (Å²) < 4.78 is 7.42. The van der Waals surface area contributed by atoms with Crippen LogP contribution < -0.4 is 5.32 Å². The minimum absolute atomic E-state index is 0.204. The number of likely N-dealkylation sites (tertiary alicyclic amines) is 1. The molecule has 0 aromatic carbocycles. The molecule has 6 nitrogen and oxygen atoms in total. The number of nitrogens with zero attached hydrogens (tertiary/aromatic N) is 3. The van der Waals surface area contributed by atoms with Crippen molar-refractivity contribution in [3.63, 3.8) is 0 Å². The van der Waals surface area contributed by atoms with Crippen LogP contribution in [0, 0.1) is 5.92 Å². The van der Waals surface area contributed by atoms with Gasteiger partial charge in [0.05, 0.1) is 6.20 Å². The van der Waals surface area contributed by atoms with E-state index in [0.29, 0.717) is 11.8 Å². The summed E-state index contributed by atoms with van der Waals surface area (Å²) >= 11 is 0. The van der Waals surface area contributed by atoms with Crippen LogP contribution in [0.15, 0.2) is 12.4 Å². The maximum atomic E-state index is 11.9. The summed E-state index contributed by atoms with van der Waals surface area (Å²) in [6, 6.07) is 0. The zero-order valence-electron chi connectivity index (χ0n) is 14.4. The van der Waals surface area contributed by atoms with Crippen LogP contribution in [0.1, 0.15) is 45.1 Å². The molecule has 128 valence electrons. The highest BCUT2D eigenvalue weighted by Gasteiger charge is 2.34. The third kappa shape index (κ3) is 4.25. The number of rotatable bonds is 3. The normalized spacial score (nSPS) is 20.4. The molecule has 0 saturated carbocycles. The minimum Gasteiger partial charge on any atom is -0.444 e. The van der Waals surface area contributed by atoms with E-state index in [4.69, 9.17) is 4.74 Å². The SMILES string of the molecule is CC(C)(C)OC(=O)N1CC(Cn2cc(C3CCNCC3)cn2)C1. The van der Waals surface area contributed by atoms with Gasteiger partial charge in [-0.05, 0) is 58.2 Å². The van der Waals surface area contributed by atoms with Gasteiger partial charge in [0, 0.05) is 31.7 Å². The van der Waals surface area contributed by atoms with E-state index in [1.165, 1.54) is 18.4 Å². The molecule has 2 aliphatic heterocycles. The number of hydrogen-bond donors (Lipinski definition) is 1. The first-order valence-electron chi connectivity index (χ1n) is 8.62. The second-order valence-electron chi connectivity index (χ2n) is 7.77. The highest BCUT2D eigenvalue weighted by atomic mass is 16.6. The Morgan fingerprint density at radius 1 is 1.35 bits per heavy atom. The Balaban J connectivity index is 1.45. The maximum Gasteiger partial charge on any atom is 0.410 e. The number of carbonyl (C=O) groups excluding carboxylic acids is 1. The first-order chi connectivity index (χ1) is 10.9. The van der Waals surface area contributed by atoms with E-state index in [0.717, 1.165) is 32.7 Å². The van der Waals surface area contributed by atoms with Gasteiger partial charge in [-0.1, -0.05) is 0 Å². The summed E-state index contributed by atoms with van der Waals surface area (Å²) in [5.41, 5.74) is 0.934. The van der Waals surface area contributed by atoms with Crippen molar-refractivity contribution in [3.8, 4) is 0 Å². The van der Waals surface area contributed by atoms with Gasteiger partial charge in [0.2, 0.25) is 0 Å². The Labute approximate surface area is 138 Å². The number of piperidine rings is 1. The largest absolute Gasteiger partial charge is 0.444 e. The number of hydrogen-bond acceptors (Lipinski definition) is 4. The molecule has 0 spiro atoms. The number of ether oxygens (including phenoxy) is 1. The van der Waals surface area contributed by atoms with Crippen molar-refractivity contribution < 1.29 is 9.53 Å². The fourth-order valence-electron chi connectivity index (χ4n) is 3.27. The van der Waals surface area contributed by atoms with E-state index in [1.54, 1.807) is 4.90 Å². The second kappa shape index (κ2) is 6.51. The van der Waals surface area contributed by atoms with Gasteiger partial charge >= 0.3 is 6.09 Å². The van der Waals surface area contributed by atoms with Crippen LogP contribution >= 0.6 is 0 Å². The van der Waals surface area contributed by atoms with Gasteiger partial charge in [-0.25, -0.2) is 4.79 Å². The van der Waals surface area contributed by atoms with Crippen molar-refractivity contribution in [1.82, 2.24) is 20.0 Å². The molecule has 6 heteroatoms. The average Bonchev–Trinajstić information content (AvgIpc) is 2.90. The van der Waals surface area contributed by atoms with Crippen molar-refractivity contribution >= 4 is 6.09 Å². The van der Waals surface area contributed by atoms with Crippen LogP contribution in [0.2, 0.25) is 0 Å². The summed E-state index contributed by atoms with van der Waals surface area (Å²) in [5.74, 6) is 1.12. The van der Waals surface area contributed by atoms with Gasteiger partial charge < -0.3 is 15.0 Å². The highest BCUT2D eigenvalue weighted by molar-refractivity contribution is 5.69. The molecule has 0 unspecified atom stereocenters. The lowest BCUT2D eigenvalue weighted by atomic mass is 9.93. The van der Waals surface area contributed by atoms with Crippen molar-refractivity contribution in [3.05, 3.63) is 18.0 Å². The highest BCUT2D eigenvalue weighted by Crippen LogP contribution is 2.25. The van der Waals surface area contributed by atoms with Crippen molar-refractivity contribution in [2.24, 2.45) is 5.92 Å². The quantitative estimate of drug-likeness (QED) is 0.928. The fourth-order valence-corrected chi connectivity index (χ4v) is 3.27. The van der Waals surface area contributed by atoms with Gasteiger partial charge in [0.15, 0.2) is 0 Å². The van der Waals surface area contributed by atoms with Crippen LogP contribution in [-0.4, -0.2) is 52.6 Å². The summed E-state index contributed by atoms with van der Waals surface area (Å²) in [5, 5.41) is 7.90. The van der Waals surface area contributed by atoms with E-state index < -0.39 is 5.60 Å². The average molecular weight is 320 g/mol. The predicted octanol–water partition coefficient (Wildman–Crippen LogP) is 2.22. The minimum atomic E-state index is -0.423. The lowest BCUT2D eigenvalue weighted by Gasteiger charge is -2.39. The summed E-state index contributed by atoms with van der Waals surface area (Å²) in [7, 11) is 0. The molecule has 1 aromatic heterocycles. The van der Waals surface area contributed by atoms with Crippen LogP contribution in [0.5, 0.6) is 0 Å². The Morgan fingerprint density at radius 2 is 2.04 bits per heavy atom. The summed E-state index contributed by atoms with van der Waals surface area (Å²) in [4.78, 5) is 13.7. The molecule has 1 amide bonds. The van der Waals surface area contributed by atoms with Gasteiger partial charge in [0.25, 0.3) is 0 Å². The number of carbonyl (C=O) groups is 1. The summed E-state index contributed by atoms with van der Waals surface area (Å²) in [6.45, 7) is 10.3. The molecule has 2 saturated heterocycles. The maximum absolute atomic E-state index is 11.9. The molecule has 2 aliphatic rings. The van der Waals surface area contributed by atoms with Gasteiger partial charge in [-0.15, -0.1) is 0 Å². The Kier molecular flexibility index (Phi) is 4.62. The Hall–Kier alpha value is -1.56. The predicted molar refractivity (Wildman–Crippen MR) is 88.4 cm³/mol. The lowest BCUT2D eigenvalue weighted by molar-refractivity contribution is -0.00383. The number of aromatic nitrogens is 2. The van der Waals surface area contributed by atoms with Gasteiger partial charge in [0.1, 0.15) is 5.60 Å². The van der Waals surface area contributed by atoms with E-state index in [2.05, 4.69) is 16.6 Å². The molecule has 23 heavy (non-hydrogen) atoms. The zero-order valence-corrected chi connectivity index (χ0v) is 14.4. The first-order valence-corrected chi connectivity index (χ1v) is 8.62. The van der Waals surface area contributed by atoms with E-state index in [1.807, 2.05) is 31.6 Å². The third-order valence-electron chi connectivity index (χ3n) is 4.52. The fraction of sp³-hybridized carbons (Fsp3) is 0.765. The summed E-state index contributed by atoms with van der Waals surface area (Å²) in [6.07, 6.45) is 6.39. The topological polar surface area (TPSA) is 59.4 Å². The zero-order chi connectivity index (χ0) is 16.4. The monoisotopic (exact) mass is 320 g/mol. The van der Waals surface area contributed by atoms with Crippen molar-refractivity contribution in [2.45, 2.75) is 51.7 Å². The number of nitrogens with one attached hydrogen (secondary N) is 1. The molecule has 1 aromatic rings. The molecule has 3 rings (SSSR count). The standard InChI is InChI=1S/C17H28N4O2/c1-17(2,3)23-16(22)20-9-13(10-20)11-21-12-15(8-19-21)14-4-6-18-7-5-14/h8,12-14,18H,4-7,9-11H2,1-3H3. The van der Waals surface area contributed by atoms with Crippen molar-refractivity contribution in [1.29, 1.82) is 0 Å². The van der Waals surface area contributed by atoms with Gasteiger partial charge in [-0.2, -0.15) is 5.10 Å². The van der Waals surface area contributed by atoms with Crippen LogP contribution in [0.3, 0.4) is 0 Å². The molecule has 2 fully saturated rings. The molecule has 0 bridgehead atoms. The second-order valence-corrected chi connectivity index (χ2v) is 7.77. The van der Waals surface area contributed by atoms with Gasteiger partial charge in [-0.3, -0.25) is 4.68 Å². The van der Waals surface area contributed by atoms with E-state index in [-0.39, 0.29) is 6.09 Å². The molecular formula is C17H28N4O2. The third-order valence-corrected chi connectivity index (χ3v) is 4.52. The van der Waals surface area contributed by atoms with E-state index >= 15 is 0 Å². The molecule has 0 atom stereocenters. The van der Waals surface area contributed by atoms with Crippen LogP contribution in [0.25, 0.3) is 0 Å². The van der Waals surface area contributed by atoms with E-state index in [9.17, 15) is 4.79 Å². The Bertz CT molecular complexity index is 537. The Morgan fingerprint density at radius 3 is 2.70 bits per heavy atom. The smallest absolute Gasteiger partial charge is 0.410 e. The molecule has 3 heterocycles. The molecular weight excluding hydrogens is 292 g/mol. The number of amides is 1. The van der Waals surface area contributed by atoms with Crippen LogP contribution in [0.4, 0.5) is 4.79 Å². The van der Waals surface area contributed by atoms with Crippen molar-refractivity contribution in [2.75, 3.05) is 26.2 Å². The lowest BCUT2D eigenvalue weighted by Crippen LogP contribution is -2.52. The first kappa shape index (κ1) is 16.3.